The van der Waals surface area contributed by atoms with Crippen LogP contribution >= 0.6 is 0 Å². The molecule has 1 heterocycles. The van der Waals surface area contributed by atoms with Crippen molar-refractivity contribution in [3.63, 3.8) is 0 Å². The van der Waals surface area contributed by atoms with Crippen molar-refractivity contribution < 1.29 is 8.78 Å². The van der Waals surface area contributed by atoms with Gasteiger partial charge < -0.3 is 5.32 Å². The number of halogens is 2. The van der Waals surface area contributed by atoms with Gasteiger partial charge in [0.1, 0.15) is 11.6 Å². The molecule has 2 nitrogen and oxygen atoms in total. The van der Waals surface area contributed by atoms with Gasteiger partial charge in [-0.2, -0.15) is 0 Å². The fourth-order valence-electron chi connectivity index (χ4n) is 2.21. The lowest BCUT2D eigenvalue weighted by Crippen LogP contribution is -2.24. The molecule has 2 aromatic rings. The fraction of sp³-hybridized carbons (Fsp3) is 0.312. The smallest absolute Gasteiger partial charge is 0.129 e. The van der Waals surface area contributed by atoms with Crippen LogP contribution in [0, 0.1) is 18.6 Å². The molecule has 0 aliphatic heterocycles. The van der Waals surface area contributed by atoms with Gasteiger partial charge in [-0.15, -0.1) is 0 Å². The van der Waals surface area contributed by atoms with E-state index in [4.69, 9.17) is 0 Å². The molecule has 1 atom stereocenters. The van der Waals surface area contributed by atoms with E-state index in [-0.39, 0.29) is 18.0 Å². The number of nitrogens with one attached hydrogen (secondary N) is 1. The molecule has 0 fully saturated rings. The van der Waals surface area contributed by atoms with Crippen LogP contribution in [-0.2, 0) is 6.42 Å². The third-order valence-electron chi connectivity index (χ3n) is 3.21. The van der Waals surface area contributed by atoms with E-state index in [1.165, 1.54) is 18.2 Å². The average molecular weight is 276 g/mol. The van der Waals surface area contributed by atoms with Crippen molar-refractivity contribution in [2.24, 2.45) is 0 Å². The summed E-state index contributed by atoms with van der Waals surface area (Å²) < 4.78 is 27.5. The summed E-state index contributed by atoms with van der Waals surface area (Å²) in [7, 11) is 0. The Kier molecular flexibility index (Phi) is 4.79. The second kappa shape index (κ2) is 6.57. The van der Waals surface area contributed by atoms with Crippen molar-refractivity contribution in [3.8, 4) is 0 Å². The van der Waals surface area contributed by atoms with E-state index in [0.29, 0.717) is 6.54 Å². The number of hydrogen-bond acceptors (Lipinski definition) is 2. The maximum Gasteiger partial charge on any atom is 0.129 e. The molecule has 1 N–H and O–H groups in total. The van der Waals surface area contributed by atoms with Crippen LogP contribution in [0.3, 0.4) is 0 Å². The van der Waals surface area contributed by atoms with Gasteiger partial charge in [0.25, 0.3) is 0 Å². The van der Waals surface area contributed by atoms with Crippen LogP contribution in [0.25, 0.3) is 0 Å². The van der Waals surface area contributed by atoms with Gasteiger partial charge in [-0.05, 0) is 49.7 Å². The van der Waals surface area contributed by atoms with E-state index in [1.54, 1.807) is 6.20 Å². The van der Waals surface area contributed by atoms with Crippen molar-refractivity contribution in [1.29, 1.82) is 0 Å². The van der Waals surface area contributed by atoms with Gasteiger partial charge in [-0.25, -0.2) is 8.78 Å². The number of pyridine rings is 1. The monoisotopic (exact) mass is 276 g/mol. The van der Waals surface area contributed by atoms with Crippen LogP contribution in [0.15, 0.2) is 36.5 Å². The van der Waals surface area contributed by atoms with Gasteiger partial charge in [0.05, 0.1) is 11.7 Å². The first-order valence-electron chi connectivity index (χ1n) is 6.70. The number of aryl methyl sites for hydroxylation is 1. The zero-order valence-electron chi connectivity index (χ0n) is 11.7. The minimum Gasteiger partial charge on any atom is -0.309 e. The summed E-state index contributed by atoms with van der Waals surface area (Å²) in [6.45, 7) is 4.63. The van der Waals surface area contributed by atoms with Crippen LogP contribution < -0.4 is 5.32 Å². The number of benzene rings is 1. The normalized spacial score (nSPS) is 12.4. The lowest BCUT2D eigenvalue weighted by atomic mass is 10.0. The van der Waals surface area contributed by atoms with Crippen LogP contribution in [0.2, 0.25) is 0 Å². The third kappa shape index (κ3) is 3.39. The van der Waals surface area contributed by atoms with Crippen molar-refractivity contribution in [1.82, 2.24) is 10.3 Å². The van der Waals surface area contributed by atoms with Gasteiger partial charge in [0.15, 0.2) is 0 Å². The molecule has 0 spiro atoms. The number of likely N-dealkylation sites (N-methyl/N-ethyl adjacent to an activating group) is 1. The van der Waals surface area contributed by atoms with Crippen LogP contribution in [0.4, 0.5) is 8.78 Å². The Labute approximate surface area is 117 Å². The maximum absolute atomic E-state index is 13.8. The largest absolute Gasteiger partial charge is 0.309 e. The van der Waals surface area contributed by atoms with Gasteiger partial charge in [-0.3, -0.25) is 4.98 Å². The Bertz CT molecular complexity index is 564. The highest BCUT2D eigenvalue weighted by molar-refractivity contribution is 5.24. The van der Waals surface area contributed by atoms with Gasteiger partial charge in [-0.1, -0.05) is 13.0 Å². The van der Waals surface area contributed by atoms with E-state index in [1.807, 2.05) is 26.0 Å². The second-order valence-electron chi connectivity index (χ2n) is 4.77. The highest BCUT2D eigenvalue weighted by Gasteiger charge is 2.17. The molecule has 1 aromatic heterocycles. The fourth-order valence-corrected chi connectivity index (χ4v) is 2.21. The molecule has 0 radical (unpaired) electrons. The average Bonchev–Trinajstić information content (AvgIpc) is 2.42. The van der Waals surface area contributed by atoms with E-state index >= 15 is 0 Å². The third-order valence-corrected chi connectivity index (χ3v) is 3.21. The molecule has 20 heavy (non-hydrogen) atoms. The number of hydrogen-bond donors (Lipinski definition) is 1. The highest BCUT2D eigenvalue weighted by atomic mass is 19.1. The first-order chi connectivity index (χ1) is 9.61. The molecular weight excluding hydrogens is 258 g/mol. The Morgan fingerprint density at radius 1 is 1.20 bits per heavy atom. The number of rotatable bonds is 5. The lowest BCUT2D eigenvalue weighted by molar-refractivity contribution is 0.492. The molecule has 0 saturated carbocycles. The predicted octanol–water partition coefficient (Wildman–Crippen LogP) is 3.56. The topological polar surface area (TPSA) is 24.9 Å². The molecular formula is C16H18F2N2. The summed E-state index contributed by atoms with van der Waals surface area (Å²) in [4.78, 5) is 4.31. The maximum atomic E-state index is 13.8. The van der Waals surface area contributed by atoms with Crippen LogP contribution in [0.5, 0.6) is 0 Å². The molecule has 0 aliphatic carbocycles. The molecule has 106 valence electrons. The molecule has 4 heteroatoms. The van der Waals surface area contributed by atoms with Crippen molar-refractivity contribution in [3.05, 3.63) is 65.0 Å². The first kappa shape index (κ1) is 14.6. The minimum absolute atomic E-state index is 0.0988. The SMILES string of the molecule is CCNC(Cc1c(F)cccc1F)c1cc(C)ccn1. The van der Waals surface area contributed by atoms with E-state index < -0.39 is 11.6 Å². The van der Waals surface area contributed by atoms with Crippen molar-refractivity contribution in [2.45, 2.75) is 26.3 Å². The Morgan fingerprint density at radius 3 is 2.50 bits per heavy atom. The second-order valence-corrected chi connectivity index (χ2v) is 4.77. The summed E-state index contributed by atoms with van der Waals surface area (Å²) >= 11 is 0. The molecule has 1 unspecified atom stereocenters. The standard InChI is InChI=1S/C16H18F2N2/c1-3-19-16(15-9-11(2)7-8-20-15)10-12-13(17)5-4-6-14(12)18/h4-9,16,19H,3,10H2,1-2H3. The summed E-state index contributed by atoms with van der Waals surface area (Å²) in [6.07, 6.45) is 1.95. The molecule has 0 aliphatic rings. The minimum atomic E-state index is -0.513. The Balaban J connectivity index is 2.30. The van der Waals surface area contributed by atoms with E-state index in [9.17, 15) is 8.78 Å². The van der Waals surface area contributed by atoms with Gasteiger partial charge in [0.2, 0.25) is 0 Å². The zero-order chi connectivity index (χ0) is 14.5. The van der Waals surface area contributed by atoms with Crippen LogP contribution in [-0.4, -0.2) is 11.5 Å². The lowest BCUT2D eigenvalue weighted by Gasteiger charge is -2.18. The summed E-state index contributed by atoms with van der Waals surface area (Å²) in [5, 5.41) is 3.23. The Hall–Kier alpha value is -1.81. The van der Waals surface area contributed by atoms with Gasteiger partial charge >= 0.3 is 0 Å². The molecule has 2 rings (SSSR count). The van der Waals surface area contributed by atoms with Crippen LogP contribution in [0.1, 0.15) is 29.8 Å². The molecule has 0 bridgehead atoms. The van der Waals surface area contributed by atoms with Crippen molar-refractivity contribution in [2.75, 3.05) is 6.54 Å². The molecule has 0 saturated heterocycles. The predicted molar refractivity (Wildman–Crippen MR) is 75.5 cm³/mol. The summed E-state index contributed by atoms with van der Waals surface area (Å²) in [5.74, 6) is -1.03. The number of aromatic nitrogens is 1. The summed E-state index contributed by atoms with van der Waals surface area (Å²) in [5.41, 5.74) is 1.98. The van der Waals surface area contributed by atoms with E-state index in [0.717, 1.165) is 11.3 Å². The highest BCUT2D eigenvalue weighted by Crippen LogP contribution is 2.21. The van der Waals surface area contributed by atoms with E-state index in [2.05, 4.69) is 10.3 Å². The first-order valence-corrected chi connectivity index (χ1v) is 6.70. The summed E-state index contributed by atoms with van der Waals surface area (Å²) in [6, 6.07) is 7.58. The quantitative estimate of drug-likeness (QED) is 0.903. The van der Waals surface area contributed by atoms with Gasteiger partial charge in [0, 0.05) is 11.8 Å². The zero-order valence-corrected chi connectivity index (χ0v) is 11.7. The number of nitrogens with zero attached hydrogens (tertiary/aromatic N) is 1. The Morgan fingerprint density at radius 2 is 1.90 bits per heavy atom. The molecule has 0 amide bonds. The van der Waals surface area contributed by atoms with Crippen molar-refractivity contribution >= 4 is 0 Å². The molecule has 1 aromatic carbocycles.